The predicted molar refractivity (Wildman–Crippen MR) is 142 cm³/mol. The largest absolute Gasteiger partial charge is 0.425 e. The van der Waals surface area contributed by atoms with Gasteiger partial charge in [0.15, 0.2) is 0 Å². The van der Waals surface area contributed by atoms with Crippen LogP contribution in [0.5, 0.6) is 11.8 Å². The van der Waals surface area contributed by atoms with Crippen molar-refractivity contribution >= 4 is 68.4 Å². The van der Waals surface area contributed by atoms with Gasteiger partial charge in [-0.25, -0.2) is 9.03 Å². The van der Waals surface area contributed by atoms with Crippen LogP contribution in [0.4, 0.5) is 5.69 Å². The Bertz CT molecular complexity index is 1410. The van der Waals surface area contributed by atoms with E-state index in [0.717, 1.165) is 21.4 Å². The fourth-order valence-corrected chi connectivity index (χ4v) is 5.85. The summed E-state index contributed by atoms with van der Waals surface area (Å²) in [5, 5.41) is 0.530. The Morgan fingerprint density at radius 2 is 1.97 bits per heavy atom. The van der Waals surface area contributed by atoms with Crippen molar-refractivity contribution in [1.82, 2.24) is 14.3 Å². The third kappa shape index (κ3) is 5.83. The molecule has 188 valence electrons. The van der Waals surface area contributed by atoms with Crippen molar-refractivity contribution < 1.29 is 22.7 Å². The van der Waals surface area contributed by atoms with Crippen LogP contribution in [-0.2, 0) is 26.5 Å². The second kappa shape index (κ2) is 9.73. The summed E-state index contributed by atoms with van der Waals surface area (Å²) in [5.74, 6) is -0.186. The molecular formula is C22H26BrClN4O5SSi. The number of aryl methyl sites for hydroxylation is 1. The average Bonchev–Trinajstić information content (AvgIpc) is 3.21. The summed E-state index contributed by atoms with van der Waals surface area (Å²) in [6, 6.07) is 9.82. The highest BCUT2D eigenvalue weighted by Crippen LogP contribution is 2.35. The molecule has 1 saturated heterocycles. The minimum atomic E-state index is -3.94. The van der Waals surface area contributed by atoms with Gasteiger partial charge < -0.3 is 9.47 Å². The molecule has 0 unspecified atom stereocenters. The maximum absolute atomic E-state index is 12.3. The lowest BCUT2D eigenvalue weighted by Gasteiger charge is -2.18. The van der Waals surface area contributed by atoms with E-state index in [9.17, 15) is 13.2 Å². The van der Waals surface area contributed by atoms with Gasteiger partial charge in [-0.2, -0.15) is 13.4 Å². The number of nitrogens with one attached hydrogen (secondary N) is 1. The summed E-state index contributed by atoms with van der Waals surface area (Å²) in [4.78, 5) is 16.3. The summed E-state index contributed by atoms with van der Waals surface area (Å²) >= 11 is 9.78. The number of ether oxygens (including phenoxy) is 2. The molecule has 1 N–H and O–H groups in total. The number of hydrogen-bond donors (Lipinski definition) is 1. The Hall–Kier alpha value is -2.12. The molecule has 0 radical (unpaired) electrons. The topological polar surface area (TPSA) is 103 Å². The Morgan fingerprint density at radius 1 is 1.23 bits per heavy atom. The van der Waals surface area contributed by atoms with Gasteiger partial charge in [0.25, 0.3) is 5.91 Å². The van der Waals surface area contributed by atoms with Crippen molar-refractivity contribution in [2.24, 2.45) is 0 Å². The van der Waals surface area contributed by atoms with Crippen LogP contribution >= 0.6 is 27.5 Å². The van der Waals surface area contributed by atoms with Crippen LogP contribution in [0.1, 0.15) is 5.56 Å². The third-order valence-electron chi connectivity index (χ3n) is 5.45. The van der Waals surface area contributed by atoms with Gasteiger partial charge in [-0.05, 0) is 52.7 Å². The van der Waals surface area contributed by atoms with E-state index in [0.29, 0.717) is 33.1 Å². The molecule has 3 aromatic rings. The molecule has 2 heterocycles. The number of carbonyl (C=O) groups excluding carboxylic acids is 1. The molecule has 1 aliphatic heterocycles. The first-order chi connectivity index (χ1) is 16.3. The third-order valence-corrected chi connectivity index (χ3v) is 9.76. The molecular weight excluding hydrogens is 576 g/mol. The zero-order valence-electron chi connectivity index (χ0n) is 19.8. The van der Waals surface area contributed by atoms with Gasteiger partial charge in [-0.1, -0.05) is 37.3 Å². The van der Waals surface area contributed by atoms with Gasteiger partial charge in [0.05, 0.1) is 21.7 Å². The van der Waals surface area contributed by atoms with E-state index in [1.807, 2.05) is 11.6 Å². The highest BCUT2D eigenvalue weighted by Gasteiger charge is 2.34. The number of nitrogens with zero attached hydrogens (tertiary/aromatic N) is 3. The molecule has 1 fully saturated rings. The average molecular weight is 602 g/mol. The molecule has 0 aliphatic carbocycles. The van der Waals surface area contributed by atoms with E-state index in [4.69, 9.17) is 21.1 Å². The molecule has 9 nitrogen and oxygen atoms in total. The molecule has 4 rings (SSSR count). The highest BCUT2D eigenvalue weighted by molar-refractivity contribution is 9.10. The van der Waals surface area contributed by atoms with Crippen LogP contribution in [0.25, 0.3) is 11.0 Å². The number of halogens is 2. The number of aromatic nitrogens is 2. The molecule has 0 atom stereocenters. The number of hydrogen-bond acceptors (Lipinski definition) is 6. The standard InChI is InChI=1S/C22H26BrClN4O5SSi/c1-14-5-6-15(28-12-21(29)26-34(28,30)31)9-20(14)33-22-25-18-10-16(23)17(24)11-19(18)27(22)13-32-7-8-35(2,3)4/h5-6,9-11H,7-8,12-13H2,1-4H3,(H,26,29). The maximum Gasteiger partial charge on any atom is 0.326 e. The van der Waals surface area contributed by atoms with Crippen molar-refractivity contribution in [2.45, 2.75) is 39.3 Å². The molecule has 0 saturated carbocycles. The first-order valence-electron chi connectivity index (χ1n) is 10.9. The smallest absolute Gasteiger partial charge is 0.326 e. The zero-order valence-corrected chi connectivity index (χ0v) is 23.9. The van der Waals surface area contributed by atoms with Gasteiger partial charge in [0.1, 0.15) is 19.0 Å². The SMILES string of the molecule is Cc1ccc(N2CC(=O)NS2(=O)=O)cc1Oc1nc2cc(Br)c(Cl)cc2n1COCC[Si](C)(C)C. The fourth-order valence-electron chi connectivity index (χ4n) is 3.46. The molecule has 13 heteroatoms. The van der Waals surface area contributed by atoms with Gasteiger partial charge in [-0.3, -0.25) is 9.36 Å². The Morgan fingerprint density at radius 3 is 2.63 bits per heavy atom. The number of rotatable bonds is 8. The van der Waals surface area contributed by atoms with Gasteiger partial charge >= 0.3 is 16.2 Å². The Kier molecular flexibility index (Phi) is 7.22. The van der Waals surface area contributed by atoms with Gasteiger partial charge in [0.2, 0.25) is 0 Å². The molecule has 1 aromatic heterocycles. The first kappa shape index (κ1) is 26.0. The number of anilines is 1. The second-order valence-electron chi connectivity index (χ2n) is 9.51. The summed E-state index contributed by atoms with van der Waals surface area (Å²) in [5.41, 5.74) is 2.48. The molecule has 1 aliphatic rings. The lowest BCUT2D eigenvalue weighted by Crippen LogP contribution is -2.29. The monoisotopic (exact) mass is 600 g/mol. The summed E-state index contributed by atoms with van der Waals surface area (Å²) < 4.78 is 42.2. The maximum atomic E-state index is 12.3. The van der Waals surface area contributed by atoms with Crippen LogP contribution in [0.15, 0.2) is 34.8 Å². The molecule has 2 aromatic carbocycles. The van der Waals surface area contributed by atoms with Crippen molar-refractivity contribution in [3.05, 3.63) is 45.4 Å². The molecule has 1 amide bonds. The predicted octanol–water partition coefficient (Wildman–Crippen LogP) is 5.05. The summed E-state index contributed by atoms with van der Waals surface area (Å²) in [6.45, 7) is 9.23. The minimum Gasteiger partial charge on any atom is -0.425 e. The van der Waals surface area contributed by atoms with Crippen LogP contribution in [-0.4, -0.2) is 45.1 Å². The summed E-state index contributed by atoms with van der Waals surface area (Å²) in [7, 11) is -5.19. The van der Waals surface area contributed by atoms with Crippen molar-refractivity contribution in [3.8, 4) is 11.8 Å². The lowest BCUT2D eigenvalue weighted by atomic mass is 10.2. The first-order valence-corrected chi connectivity index (χ1v) is 17.2. The lowest BCUT2D eigenvalue weighted by molar-refractivity contribution is -0.117. The number of amides is 1. The Balaban J connectivity index is 1.68. The van der Waals surface area contributed by atoms with Crippen LogP contribution in [0.2, 0.25) is 30.7 Å². The Labute approximate surface area is 218 Å². The van der Waals surface area contributed by atoms with E-state index in [1.165, 1.54) is 0 Å². The number of benzene rings is 2. The molecule has 0 bridgehead atoms. The van der Waals surface area contributed by atoms with E-state index >= 15 is 0 Å². The van der Waals surface area contributed by atoms with E-state index in [2.05, 4.69) is 40.6 Å². The van der Waals surface area contributed by atoms with E-state index in [-0.39, 0.29) is 19.3 Å². The van der Waals surface area contributed by atoms with E-state index in [1.54, 1.807) is 34.9 Å². The number of imidazole rings is 1. The zero-order chi connectivity index (χ0) is 25.5. The minimum absolute atomic E-state index is 0.214. The van der Waals surface area contributed by atoms with Crippen LogP contribution in [0.3, 0.4) is 0 Å². The van der Waals surface area contributed by atoms with Crippen molar-refractivity contribution in [2.75, 3.05) is 17.5 Å². The quantitative estimate of drug-likeness (QED) is 0.287. The van der Waals surface area contributed by atoms with Gasteiger partial charge in [-0.15, -0.1) is 0 Å². The van der Waals surface area contributed by atoms with E-state index < -0.39 is 24.2 Å². The number of carbonyl (C=O) groups is 1. The normalized spacial score (nSPS) is 15.6. The molecule has 35 heavy (non-hydrogen) atoms. The fraction of sp³-hybridized carbons (Fsp3) is 0.364. The van der Waals surface area contributed by atoms with Crippen molar-refractivity contribution in [1.29, 1.82) is 0 Å². The number of fused-ring (bicyclic) bond motifs is 1. The van der Waals surface area contributed by atoms with Crippen LogP contribution in [0, 0.1) is 6.92 Å². The second-order valence-corrected chi connectivity index (χ2v) is 18.0. The summed E-state index contributed by atoms with van der Waals surface area (Å²) in [6.07, 6.45) is 0. The highest BCUT2D eigenvalue weighted by atomic mass is 79.9. The van der Waals surface area contributed by atoms with Crippen LogP contribution < -0.4 is 13.8 Å². The van der Waals surface area contributed by atoms with Crippen molar-refractivity contribution in [3.63, 3.8) is 0 Å². The molecule has 0 spiro atoms. The van der Waals surface area contributed by atoms with Gasteiger partial charge in [0, 0.05) is 25.2 Å².